The highest BCUT2D eigenvalue weighted by Gasteiger charge is 2.22. The Morgan fingerprint density at radius 2 is 2.35 bits per heavy atom. The number of likely N-dealkylation sites (tertiary alicyclic amines) is 1. The fraction of sp³-hybridized carbons (Fsp3) is 0.643. The van der Waals surface area contributed by atoms with Crippen molar-refractivity contribution in [3.05, 3.63) is 20.8 Å². The average Bonchev–Trinajstić information content (AvgIpc) is 3.07. The zero-order valence-electron chi connectivity index (χ0n) is 12.2. The van der Waals surface area contributed by atoms with E-state index in [2.05, 4.69) is 55.5 Å². The van der Waals surface area contributed by atoms with Gasteiger partial charge in [0.1, 0.15) is 0 Å². The van der Waals surface area contributed by atoms with Crippen molar-refractivity contribution in [2.24, 2.45) is 4.99 Å². The van der Waals surface area contributed by atoms with Crippen LogP contribution in [0.25, 0.3) is 0 Å². The van der Waals surface area contributed by atoms with Gasteiger partial charge >= 0.3 is 0 Å². The van der Waals surface area contributed by atoms with E-state index >= 15 is 0 Å². The molecule has 1 aliphatic heterocycles. The van der Waals surface area contributed by atoms with Crippen LogP contribution in [0, 0.1) is 0 Å². The molecule has 4 nitrogen and oxygen atoms in total. The minimum atomic E-state index is 0.648. The Labute approximate surface area is 133 Å². The summed E-state index contributed by atoms with van der Waals surface area (Å²) in [5.41, 5.74) is 0. The zero-order valence-corrected chi connectivity index (χ0v) is 14.6. The molecular weight excluding hydrogens is 336 g/mol. The third kappa shape index (κ3) is 4.46. The maximum Gasteiger partial charge on any atom is 0.191 e. The Bertz CT molecular complexity index is 446. The zero-order chi connectivity index (χ0) is 14.4. The van der Waals surface area contributed by atoms with Crippen LogP contribution in [-0.4, -0.2) is 43.6 Å². The van der Waals surface area contributed by atoms with Crippen LogP contribution in [0.3, 0.4) is 0 Å². The predicted octanol–water partition coefficient (Wildman–Crippen LogP) is 2.66. The Morgan fingerprint density at radius 1 is 1.50 bits per heavy atom. The second-order valence-electron chi connectivity index (χ2n) is 4.94. The summed E-state index contributed by atoms with van der Waals surface area (Å²) >= 11 is 5.24. The number of halogens is 1. The van der Waals surface area contributed by atoms with E-state index in [0.29, 0.717) is 6.04 Å². The van der Waals surface area contributed by atoms with Gasteiger partial charge < -0.3 is 10.6 Å². The summed E-state index contributed by atoms with van der Waals surface area (Å²) in [6.45, 7) is 6.40. The third-order valence-corrected chi connectivity index (χ3v) is 5.32. The summed E-state index contributed by atoms with van der Waals surface area (Å²) < 4.78 is 1.17. The van der Waals surface area contributed by atoms with Crippen molar-refractivity contribution < 1.29 is 0 Å². The normalized spacial score (nSPS) is 20.4. The van der Waals surface area contributed by atoms with Gasteiger partial charge in [-0.25, -0.2) is 0 Å². The van der Waals surface area contributed by atoms with E-state index in [-0.39, 0.29) is 0 Å². The van der Waals surface area contributed by atoms with Gasteiger partial charge in [-0.1, -0.05) is 6.92 Å². The van der Waals surface area contributed by atoms with Crippen LogP contribution >= 0.6 is 27.3 Å². The summed E-state index contributed by atoms with van der Waals surface area (Å²) in [4.78, 5) is 8.13. The number of rotatable bonds is 5. The molecule has 2 rings (SSSR count). The fourth-order valence-corrected chi connectivity index (χ4v) is 4.02. The van der Waals surface area contributed by atoms with Gasteiger partial charge in [0, 0.05) is 24.5 Å². The molecule has 0 aromatic carbocycles. The smallest absolute Gasteiger partial charge is 0.191 e. The molecule has 2 heterocycles. The number of hydrogen-bond acceptors (Lipinski definition) is 3. The number of nitrogens with zero attached hydrogens (tertiary/aromatic N) is 2. The minimum Gasteiger partial charge on any atom is -0.355 e. The lowest BCUT2D eigenvalue weighted by Crippen LogP contribution is -2.44. The Morgan fingerprint density at radius 3 is 3.00 bits per heavy atom. The van der Waals surface area contributed by atoms with E-state index < -0.39 is 0 Å². The molecule has 0 amide bonds. The number of hydrogen-bond donors (Lipinski definition) is 2. The molecule has 1 atom stereocenters. The standard InChI is InChI=1S/C14H23BrN4S/c1-3-19-8-4-5-11(19)9-17-14(16-2)18-10-12-6-7-13(15)20-12/h6-7,11H,3-5,8-10H2,1-2H3,(H2,16,17,18). The van der Waals surface area contributed by atoms with Crippen LogP contribution in [0.4, 0.5) is 0 Å². The molecule has 0 saturated carbocycles. The Balaban J connectivity index is 1.75. The van der Waals surface area contributed by atoms with Crippen molar-refractivity contribution in [1.29, 1.82) is 0 Å². The van der Waals surface area contributed by atoms with Gasteiger partial charge in [-0.3, -0.25) is 9.89 Å². The monoisotopic (exact) mass is 358 g/mol. The van der Waals surface area contributed by atoms with Crippen LogP contribution in [0.2, 0.25) is 0 Å². The van der Waals surface area contributed by atoms with Gasteiger partial charge in [-0.15, -0.1) is 11.3 Å². The first-order chi connectivity index (χ1) is 9.72. The second kappa shape index (κ2) is 8.00. The summed E-state index contributed by atoms with van der Waals surface area (Å²) in [6.07, 6.45) is 2.60. The van der Waals surface area contributed by atoms with Crippen molar-refractivity contribution in [3.63, 3.8) is 0 Å². The van der Waals surface area contributed by atoms with Gasteiger partial charge in [-0.05, 0) is 54.0 Å². The molecule has 112 valence electrons. The lowest BCUT2D eigenvalue weighted by atomic mass is 10.2. The second-order valence-corrected chi connectivity index (χ2v) is 7.48. The van der Waals surface area contributed by atoms with Gasteiger partial charge in [0.25, 0.3) is 0 Å². The molecule has 6 heteroatoms. The minimum absolute atomic E-state index is 0.648. The van der Waals surface area contributed by atoms with Crippen LogP contribution in [-0.2, 0) is 6.54 Å². The molecule has 1 aromatic heterocycles. The SMILES string of the molecule is CCN1CCCC1CNC(=NC)NCc1ccc(Br)s1. The van der Waals surface area contributed by atoms with Crippen LogP contribution in [0.1, 0.15) is 24.6 Å². The Hall–Kier alpha value is -0.590. The first kappa shape index (κ1) is 15.8. The quantitative estimate of drug-likeness (QED) is 0.627. The molecule has 1 unspecified atom stereocenters. The molecule has 1 fully saturated rings. The fourth-order valence-electron chi connectivity index (χ4n) is 2.60. The third-order valence-electron chi connectivity index (χ3n) is 3.69. The molecule has 1 aromatic rings. The molecule has 1 saturated heterocycles. The van der Waals surface area contributed by atoms with E-state index in [9.17, 15) is 0 Å². The van der Waals surface area contributed by atoms with E-state index in [1.165, 1.54) is 28.0 Å². The molecular formula is C14H23BrN4S. The van der Waals surface area contributed by atoms with Crippen molar-refractivity contribution in [2.75, 3.05) is 26.7 Å². The first-order valence-electron chi connectivity index (χ1n) is 7.15. The number of likely N-dealkylation sites (N-methyl/N-ethyl adjacent to an activating group) is 1. The number of nitrogens with one attached hydrogen (secondary N) is 2. The van der Waals surface area contributed by atoms with E-state index in [1.807, 2.05) is 7.05 Å². The number of aliphatic imine (C=N–C) groups is 1. The molecule has 20 heavy (non-hydrogen) atoms. The van der Waals surface area contributed by atoms with Crippen LogP contribution in [0.5, 0.6) is 0 Å². The molecule has 2 N–H and O–H groups in total. The van der Waals surface area contributed by atoms with Crippen LogP contribution in [0.15, 0.2) is 20.9 Å². The highest BCUT2D eigenvalue weighted by Crippen LogP contribution is 2.21. The van der Waals surface area contributed by atoms with Gasteiger partial charge in [0.05, 0.1) is 10.3 Å². The summed E-state index contributed by atoms with van der Waals surface area (Å²) in [5.74, 6) is 0.887. The van der Waals surface area contributed by atoms with E-state index in [4.69, 9.17) is 0 Å². The van der Waals surface area contributed by atoms with E-state index in [0.717, 1.165) is 25.6 Å². The molecule has 0 bridgehead atoms. The summed E-state index contributed by atoms with van der Waals surface area (Å²) in [6, 6.07) is 4.86. The van der Waals surface area contributed by atoms with Gasteiger partial charge in [0.2, 0.25) is 0 Å². The number of thiophene rings is 1. The van der Waals surface area contributed by atoms with Crippen molar-refractivity contribution in [1.82, 2.24) is 15.5 Å². The first-order valence-corrected chi connectivity index (χ1v) is 8.76. The molecule has 0 spiro atoms. The highest BCUT2D eigenvalue weighted by atomic mass is 79.9. The topological polar surface area (TPSA) is 39.7 Å². The van der Waals surface area contributed by atoms with Gasteiger partial charge in [0.15, 0.2) is 5.96 Å². The predicted molar refractivity (Wildman–Crippen MR) is 90.5 cm³/mol. The maximum absolute atomic E-state index is 4.29. The lowest BCUT2D eigenvalue weighted by molar-refractivity contribution is 0.267. The maximum atomic E-state index is 4.29. The number of guanidine groups is 1. The average molecular weight is 359 g/mol. The van der Waals surface area contributed by atoms with Crippen LogP contribution < -0.4 is 10.6 Å². The van der Waals surface area contributed by atoms with Crippen molar-refractivity contribution in [2.45, 2.75) is 32.4 Å². The molecule has 0 radical (unpaired) electrons. The van der Waals surface area contributed by atoms with Crippen molar-refractivity contribution >= 4 is 33.2 Å². The Kier molecular flexibility index (Phi) is 6.32. The lowest BCUT2D eigenvalue weighted by Gasteiger charge is -2.23. The molecule has 0 aliphatic carbocycles. The molecule has 1 aliphatic rings. The summed E-state index contributed by atoms with van der Waals surface area (Å²) in [5, 5.41) is 6.81. The highest BCUT2D eigenvalue weighted by molar-refractivity contribution is 9.11. The van der Waals surface area contributed by atoms with E-state index in [1.54, 1.807) is 11.3 Å². The largest absolute Gasteiger partial charge is 0.355 e. The van der Waals surface area contributed by atoms with Gasteiger partial charge in [-0.2, -0.15) is 0 Å². The summed E-state index contributed by atoms with van der Waals surface area (Å²) in [7, 11) is 1.83. The van der Waals surface area contributed by atoms with Crippen molar-refractivity contribution in [3.8, 4) is 0 Å².